The van der Waals surface area contributed by atoms with E-state index < -0.39 is 6.04 Å². The van der Waals surface area contributed by atoms with Crippen LogP contribution in [0.5, 0.6) is 5.75 Å². The van der Waals surface area contributed by atoms with Gasteiger partial charge in [-0.1, -0.05) is 24.3 Å². The van der Waals surface area contributed by atoms with E-state index >= 15 is 0 Å². The molecule has 0 spiro atoms. The zero-order valence-corrected chi connectivity index (χ0v) is 18.9. The molecule has 4 rings (SSSR count). The van der Waals surface area contributed by atoms with Crippen molar-refractivity contribution < 1.29 is 14.3 Å². The minimum absolute atomic E-state index is 0.0318. The second kappa shape index (κ2) is 10.3. The first-order chi connectivity index (χ1) is 15.2. The molecule has 2 aliphatic rings. The number of likely N-dealkylation sites (tertiary alicyclic amines) is 2. The molecule has 2 unspecified atom stereocenters. The molecule has 2 aliphatic heterocycles. The quantitative estimate of drug-likeness (QED) is 0.712. The summed E-state index contributed by atoms with van der Waals surface area (Å²) in [6, 6.07) is 11.4. The molecule has 31 heavy (non-hydrogen) atoms. The second-order valence-corrected chi connectivity index (χ2v) is 9.18. The molecule has 7 heteroatoms. The highest BCUT2D eigenvalue weighted by Crippen LogP contribution is 2.31. The average molecular weight is 442 g/mol. The van der Waals surface area contributed by atoms with Gasteiger partial charge in [0.1, 0.15) is 11.8 Å². The highest BCUT2D eigenvalue weighted by atomic mass is 32.1. The number of para-hydroxylation sites is 1. The monoisotopic (exact) mass is 441 g/mol. The van der Waals surface area contributed by atoms with Gasteiger partial charge in [0.15, 0.2) is 0 Å². The smallest absolute Gasteiger partial charge is 0.264 e. The fraction of sp³-hybridized carbons (Fsp3) is 0.500. The molecule has 2 aromatic rings. The molecule has 2 fully saturated rings. The number of thiophene rings is 1. The molecular formula is C24H31N3O3S. The van der Waals surface area contributed by atoms with E-state index in [0.29, 0.717) is 24.4 Å². The van der Waals surface area contributed by atoms with Crippen LogP contribution in [0.3, 0.4) is 0 Å². The summed E-state index contributed by atoms with van der Waals surface area (Å²) >= 11 is 1.43. The summed E-state index contributed by atoms with van der Waals surface area (Å²) in [5, 5.41) is 5.09. The molecule has 0 radical (unpaired) electrons. The standard InChI is InChI=1S/C24H31N3O3S/c1-30-21-11-3-2-9-18(21)20(26-13-6-7-14-26)17-25-23(28)19-10-4-5-15-27(19)24(29)22-12-8-16-31-22/h2-3,8-9,11-12,16,19-20H,4-7,10,13-15,17H2,1H3,(H,25,28). The van der Waals surface area contributed by atoms with Crippen molar-refractivity contribution in [1.82, 2.24) is 15.1 Å². The predicted octanol–water partition coefficient (Wildman–Crippen LogP) is 3.70. The lowest BCUT2D eigenvalue weighted by atomic mass is 10.00. The molecule has 1 aromatic carbocycles. The van der Waals surface area contributed by atoms with Gasteiger partial charge >= 0.3 is 0 Å². The first-order valence-corrected chi connectivity index (χ1v) is 12.1. The van der Waals surface area contributed by atoms with Crippen LogP contribution in [0.25, 0.3) is 0 Å². The third-order valence-corrected chi connectivity index (χ3v) is 7.21. The Kier molecular flexibility index (Phi) is 7.25. The summed E-state index contributed by atoms with van der Waals surface area (Å²) in [7, 11) is 1.69. The number of methoxy groups -OCH3 is 1. The zero-order chi connectivity index (χ0) is 21.6. The van der Waals surface area contributed by atoms with Gasteiger partial charge in [0, 0.05) is 18.7 Å². The molecule has 2 saturated heterocycles. The van der Waals surface area contributed by atoms with Crippen LogP contribution in [0.1, 0.15) is 53.4 Å². The molecular weight excluding hydrogens is 410 g/mol. The van der Waals surface area contributed by atoms with Crippen LogP contribution >= 0.6 is 11.3 Å². The van der Waals surface area contributed by atoms with E-state index in [4.69, 9.17) is 4.74 Å². The van der Waals surface area contributed by atoms with Crippen molar-refractivity contribution >= 4 is 23.2 Å². The van der Waals surface area contributed by atoms with Crippen LogP contribution in [0.2, 0.25) is 0 Å². The van der Waals surface area contributed by atoms with Gasteiger partial charge in [0.25, 0.3) is 5.91 Å². The zero-order valence-electron chi connectivity index (χ0n) is 18.1. The fourth-order valence-electron chi connectivity index (χ4n) is 4.73. The highest BCUT2D eigenvalue weighted by molar-refractivity contribution is 7.12. The Bertz CT molecular complexity index is 880. The van der Waals surface area contributed by atoms with Gasteiger partial charge in [-0.05, 0) is 62.7 Å². The maximum absolute atomic E-state index is 13.2. The summed E-state index contributed by atoms with van der Waals surface area (Å²) in [5.41, 5.74) is 1.10. The predicted molar refractivity (Wildman–Crippen MR) is 123 cm³/mol. The molecule has 2 amide bonds. The normalized spacial score (nSPS) is 20.4. The van der Waals surface area contributed by atoms with Crippen molar-refractivity contribution in [1.29, 1.82) is 0 Å². The minimum atomic E-state index is -0.403. The van der Waals surface area contributed by atoms with Gasteiger partial charge in [-0.2, -0.15) is 0 Å². The molecule has 1 aromatic heterocycles. The summed E-state index contributed by atoms with van der Waals surface area (Å²) in [4.78, 5) is 31.1. The maximum Gasteiger partial charge on any atom is 0.264 e. The maximum atomic E-state index is 13.2. The first kappa shape index (κ1) is 21.8. The number of hydrogen-bond acceptors (Lipinski definition) is 5. The molecule has 0 aliphatic carbocycles. The van der Waals surface area contributed by atoms with E-state index in [0.717, 1.165) is 37.2 Å². The summed E-state index contributed by atoms with van der Waals surface area (Å²) in [6.45, 7) is 3.18. The lowest BCUT2D eigenvalue weighted by Gasteiger charge is -2.35. The number of rotatable bonds is 7. The molecule has 0 saturated carbocycles. The van der Waals surface area contributed by atoms with Crippen molar-refractivity contribution in [2.75, 3.05) is 33.3 Å². The average Bonchev–Trinajstić information content (AvgIpc) is 3.54. The third kappa shape index (κ3) is 4.93. The molecule has 1 N–H and O–H groups in total. The van der Waals surface area contributed by atoms with Gasteiger partial charge in [-0.3, -0.25) is 14.5 Å². The van der Waals surface area contributed by atoms with E-state index in [1.165, 1.54) is 24.2 Å². The molecule has 2 atom stereocenters. The minimum Gasteiger partial charge on any atom is -0.496 e. The van der Waals surface area contributed by atoms with Crippen LogP contribution in [0.15, 0.2) is 41.8 Å². The molecule has 6 nitrogen and oxygen atoms in total. The lowest BCUT2D eigenvalue weighted by Crippen LogP contribution is -2.52. The Labute approximate surface area is 188 Å². The van der Waals surface area contributed by atoms with E-state index in [1.807, 2.05) is 35.7 Å². The number of nitrogens with one attached hydrogen (secondary N) is 1. The Morgan fingerprint density at radius 2 is 1.87 bits per heavy atom. The number of nitrogens with zero attached hydrogens (tertiary/aromatic N) is 2. The third-order valence-electron chi connectivity index (χ3n) is 6.35. The van der Waals surface area contributed by atoms with E-state index in [-0.39, 0.29) is 17.9 Å². The van der Waals surface area contributed by atoms with Gasteiger partial charge in [-0.15, -0.1) is 11.3 Å². The number of piperidine rings is 1. The summed E-state index contributed by atoms with van der Waals surface area (Å²) in [5.74, 6) is 0.764. The van der Waals surface area contributed by atoms with Crippen LogP contribution in [-0.4, -0.2) is 60.9 Å². The summed E-state index contributed by atoms with van der Waals surface area (Å²) in [6.07, 6.45) is 4.97. The van der Waals surface area contributed by atoms with Crippen molar-refractivity contribution in [3.63, 3.8) is 0 Å². The van der Waals surface area contributed by atoms with Crippen molar-refractivity contribution in [2.24, 2.45) is 0 Å². The molecule has 3 heterocycles. The Morgan fingerprint density at radius 3 is 2.61 bits per heavy atom. The summed E-state index contributed by atoms with van der Waals surface area (Å²) < 4.78 is 5.61. The largest absolute Gasteiger partial charge is 0.496 e. The van der Waals surface area contributed by atoms with Crippen molar-refractivity contribution in [3.05, 3.63) is 52.2 Å². The van der Waals surface area contributed by atoms with E-state index in [2.05, 4.69) is 16.3 Å². The van der Waals surface area contributed by atoms with E-state index in [9.17, 15) is 9.59 Å². The van der Waals surface area contributed by atoms with Crippen LogP contribution in [-0.2, 0) is 4.79 Å². The first-order valence-electron chi connectivity index (χ1n) is 11.2. The molecule has 166 valence electrons. The number of ether oxygens (including phenoxy) is 1. The Balaban J connectivity index is 1.48. The second-order valence-electron chi connectivity index (χ2n) is 8.23. The number of carbonyl (C=O) groups excluding carboxylic acids is 2. The van der Waals surface area contributed by atoms with Crippen LogP contribution in [0.4, 0.5) is 0 Å². The van der Waals surface area contributed by atoms with Crippen molar-refractivity contribution in [3.8, 4) is 5.75 Å². The van der Waals surface area contributed by atoms with Gasteiger partial charge < -0.3 is 15.0 Å². The number of carbonyl (C=O) groups is 2. The van der Waals surface area contributed by atoms with Crippen LogP contribution < -0.4 is 10.1 Å². The fourth-order valence-corrected chi connectivity index (χ4v) is 5.41. The van der Waals surface area contributed by atoms with Crippen molar-refractivity contribution in [2.45, 2.75) is 44.2 Å². The van der Waals surface area contributed by atoms with Gasteiger partial charge in [0.05, 0.1) is 18.0 Å². The topological polar surface area (TPSA) is 61.9 Å². The SMILES string of the molecule is COc1ccccc1C(CNC(=O)C1CCCCN1C(=O)c1cccs1)N1CCCC1. The number of benzene rings is 1. The van der Waals surface area contributed by atoms with E-state index in [1.54, 1.807) is 12.0 Å². The van der Waals surface area contributed by atoms with Gasteiger partial charge in [0.2, 0.25) is 5.91 Å². The highest BCUT2D eigenvalue weighted by Gasteiger charge is 2.34. The number of hydrogen-bond donors (Lipinski definition) is 1. The Hall–Kier alpha value is -2.38. The lowest BCUT2D eigenvalue weighted by molar-refractivity contribution is -0.126. The Morgan fingerprint density at radius 1 is 1.10 bits per heavy atom. The van der Waals surface area contributed by atoms with Crippen LogP contribution in [0, 0.1) is 0 Å². The number of amides is 2. The molecule has 0 bridgehead atoms. The van der Waals surface area contributed by atoms with Gasteiger partial charge in [-0.25, -0.2) is 0 Å².